The summed E-state index contributed by atoms with van der Waals surface area (Å²) < 4.78 is 10.3. The average Bonchev–Trinajstić information content (AvgIpc) is 3.07. The third-order valence-electron chi connectivity index (χ3n) is 3.64. The Bertz CT molecular complexity index is 955. The van der Waals surface area contributed by atoms with E-state index in [1.54, 1.807) is 6.21 Å². The molecule has 1 saturated heterocycles. The summed E-state index contributed by atoms with van der Waals surface area (Å²) in [6, 6.07) is 17.2. The number of benzene rings is 2. The Kier molecular flexibility index (Phi) is 6.59. The van der Waals surface area contributed by atoms with Crippen LogP contribution in [-0.2, 0) is 20.9 Å². The predicted octanol–water partition coefficient (Wildman–Crippen LogP) is 2.88. The van der Waals surface area contributed by atoms with Gasteiger partial charge in [0, 0.05) is 11.6 Å². The van der Waals surface area contributed by atoms with Gasteiger partial charge in [-0.3, -0.25) is 10.1 Å². The van der Waals surface area contributed by atoms with Crippen molar-refractivity contribution < 1.29 is 19.1 Å². The molecule has 8 heteroatoms. The molecule has 0 saturated carbocycles. The maximum Gasteiger partial charge on any atom is 0.331 e. The first-order valence-electron chi connectivity index (χ1n) is 8.31. The Morgan fingerprint density at radius 1 is 1.14 bits per heavy atom. The van der Waals surface area contributed by atoms with Crippen molar-refractivity contribution in [1.29, 1.82) is 0 Å². The van der Waals surface area contributed by atoms with Crippen LogP contribution in [0, 0.1) is 0 Å². The Labute approximate surface area is 166 Å². The number of carbonyl (C=O) groups excluding carboxylic acids is 2. The first kappa shape index (κ1) is 19.4. The van der Waals surface area contributed by atoms with Gasteiger partial charge in [0.1, 0.15) is 12.4 Å². The van der Waals surface area contributed by atoms with Gasteiger partial charge < -0.3 is 9.47 Å². The Morgan fingerprint density at radius 2 is 1.89 bits per heavy atom. The SMILES string of the molecule is COC(=O)/C=C1/S/C(=N\N=Cc2ccccc2COc2ccccc2)NC1=O. The number of methoxy groups -OCH3 is 1. The van der Waals surface area contributed by atoms with Crippen molar-refractivity contribution in [3.05, 3.63) is 76.7 Å². The van der Waals surface area contributed by atoms with Gasteiger partial charge in [0.2, 0.25) is 0 Å². The first-order chi connectivity index (χ1) is 13.7. The van der Waals surface area contributed by atoms with Crippen molar-refractivity contribution in [2.24, 2.45) is 10.2 Å². The molecule has 1 amide bonds. The van der Waals surface area contributed by atoms with Crippen LogP contribution in [0.2, 0.25) is 0 Å². The summed E-state index contributed by atoms with van der Waals surface area (Å²) in [6.45, 7) is 0.389. The second-order valence-electron chi connectivity index (χ2n) is 5.54. The molecule has 0 atom stereocenters. The molecule has 1 N–H and O–H groups in total. The van der Waals surface area contributed by atoms with Gasteiger partial charge in [-0.25, -0.2) is 4.79 Å². The summed E-state index contributed by atoms with van der Waals surface area (Å²) in [7, 11) is 1.25. The minimum atomic E-state index is -0.602. The topological polar surface area (TPSA) is 89.3 Å². The highest BCUT2D eigenvalue weighted by molar-refractivity contribution is 8.18. The zero-order valence-corrected chi connectivity index (χ0v) is 15.8. The molecule has 1 fully saturated rings. The lowest BCUT2D eigenvalue weighted by Gasteiger charge is -2.08. The van der Waals surface area contributed by atoms with E-state index in [4.69, 9.17) is 4.74 Å². The zero-order valence-electron chi connectivity index (χ0n) is 15.0. The zero-order chi connectivity index (χ0) is 19.8. The molecule has 7 nitrogen and oxygen atoms in total. The van der Waals surface area contributed by atoms with Crippen LogP contribution in [0.4, 0.5) is 0 Å². The van der Waals surface area contributed by atoms with E-state index in [1.807, 2.05) is 54.6 Å². The predicted molar refractivity (Wildman–Crippen MR) is 108 cm³/mol. The molecule has 2 aromatic carbocycles. The van der Waals surface area contributed by atoms with E-state index in [1.165, 1.54) is 7.11 Å². The van der Waals surface area contributed by atoms with Gasteiger partial charge >= 0.3 is 5.97 Å². The number of esters is 1. The van der Waals surface area contributed by atoms with Crippen molar-refractivity contribution in [1.82, 2.24) is 5.32 Å². The van der Waals surface area contributed by atoms with E-state index < -0.39 is 11.9 Å². The molecule has 28 heavy (non-hydrogen) atoms. The van der Waals surface area contributed by atoms with Gasteiger partial charge in [-0.05, 0) is 29.5 Å². The number of para-hydroxylation sites is 1. The summed E-state index contributed by atoms with van der Waals surface area (Å²) in [5, 5.41) is 10.9. The van der Waals surface area contributed by atoms with Crippen LogP contribution in [-0.4, -0.2) is 30.4 Å². The molecule has 1 aliphatic heterocycles. The van der Waals surface area contributed by atoms with Gasteiger partial charge in [0.15, 0.2) is 5.17 Å². The van der Waals surface area contributed by atoms with Gasteiger partial charge in [0.05, 0.1) is 18.2 Å². The van der Waals surface area contributed by atoms with Gasteiger partial charge in [0.25, 0.3) is 5.91 Å². The highest BCUT2D eigenvalue weighted by Crippen LogP contribution is 2.23. The molecule has 0 unspecified atom stereocenters. The van der Waals surface area contributed by atoms with E-state index >= 15 is 0 Å². The summed E-state index contributed by atoms with van der Waals surface area (Å²) in [6.07, 6.45) is 2.70. The largest absolute Gasteiger partial charge is 0.489 e. The maximum atomic E-state index is 11.8. The monoisotopic (exact) mass is 395 g/mol. The lowest BCUT2D eigenvalue weighted by atomic mass is 10.1. The van der Waals surface area contributed by atoms with Crippen LogP contribution in [0.25, 0.3) is 0 Å². The van der Waals surface area contributed by atoms with E-state index in [9.17, 15) is 9.59 Å². The van der Waals surface area contributed by atoms with Crippen LogP contribution in [0.3, 0.4) is 0 Å². The minimum Gasteiger partial charge on any atom is -0.489 e. The van der Waals surface area contributed by atoms with Gasteiger partial charge in [-0.1, -0.05) is 42.5 Å². The molecule has 0 bridgehead atoms. The second-order valence-corrected chi connectivity index (χ2v) is 6.57. The molecule has 0 radical (unpaired) electrons. The van der Waals surface area contributed by atoms with Crippen molar-refractivity contribution >= 4 is 35.0 Å². The van der Waals surface area contributed by atoms with Gasteiger partial charge in [-0.15, -0.1) is 5.10 Å². The van der Waals surface area contributed by atoms with Crippen molar-refractivity contribution in [2.45, 2.75) is 6.61 Å². The first-order valence-corrected chi connectivity index (χ1v) is 9.13. The van der Waals surface area contributed by atoms with E-state index in [-0.39, 0.29) is 10.1 Å². The summed E-state index contributed by atoms with van der Waals surface area (Å²) in [4.78, 5) is 23.2. The molecule has 1 heterocycles. The van der Waals surface area contributed by atoms with E-state index in [2.05, 4.69) is 20.3 Å². The second kappa shape index (κ2) is 9.52. The number of hydrogen-bond acceptors (Lipinski definition) is 7. The highest BCUT2D eigenvalue weighted by Gasteiger charge is 2.24. The normalized spacial score (nSPS) is 16.5. The third-order valence-corrected chi connectivity index (χ3v) is 4.54. The number of nitrogens with one attached hydrogen (secondary N) is 1. The van der Waals surface area contributed by atoms with Gasteiger partial charge in [-0.2, -0.15) is 5.10 Å². The average molecular weight is 395 g/mol. The third kappa shape index (κ3) is 5.31. The highest BCUT2D eigenvalue weighted by atomic mass is 32.2. The van der Waals surface area contributed by atoms with Crippen LogP contribution < -0.4 is 10.1 Å². The molecule has 142 valence electrons. The molecule has 0 aliphatic carbocycles. The number of amidine groups is 1. The summed E-state index contributed by atoms with van der Waals surface area (Å²) >= 11 is 1.02. The fourth-order valence-corrected chi connectivity index (χ4v) is 2.99. The number of amides is 1. The van der Waals surface area contributed by atoms with Crippen molar-refractivity contribution in [3.63, 3.8) is 0 Å². The van der Waals surface area contributed by atoms with Crippen LogP contribution in [0.5, 0.6) is 5.75 Å². The van der Waals surface area contributed by atoms with Crippen LogP contribution >= 0.6 is 11.8 Å². The summed E-state index contributed by atoms with van der Waals surface area (Å²) in [5.41, 5.74) is 1.80. The van der Waals surface area contributed by atoms with Crippen LogP contribution in [0.1, 0.15) is 11.1 Å². The van der Waals surface area contributed by atoms with Crippen LogP contribution in [0.15, 0.2) is 75.8 Å². The molecule has 1 aliphatic rings. The quantitative estimate of drug-likeness (QED) is 0.352. The van der Waals surface area contributed by atoms with E-state index in [0.717, 1.165) is 34.7 Å². The number of nitrogens with zero attached hydrogens (tertiary/aromatic N) is 2. The number of hydrogen-bond donors (Lipinski definition) is 1. The fraction of sp³-hybridized carbons (Fsp3) is 0.100. The number of carbonyl (C=O) groups is 2. The molecule has 3 rings (SSSR count). The smallest absolute Gasteiger partial charge is 0.331 e. The molecule has 0 spiro atoms. The molecule has 0 aromatic heterocycles. The Morgan fingerprint density at radius 3 is 2.68 bits per heavy atom. The minimum absolute atomic E-state index is 0.206. The van der Waals surface area contributed by atoms with Crippen molar-refractivity contribution in [3.8, 4) is 5.75 Å². The number of rotatable bonds is 6. The Hall–Kier alpha value is -3.39. The number of thioether (sulfide) groups is 1. The van der Waals surface area contributed by atoms with E-state index in [0.29, 0.717) is 6.61 Å². The lowest BCUT2D eigenvalue weighted by Crippen LogP contribution is -2.19. The van der Waals surface area contributed by atoms with Crippen molar-refractivity contribution in [2.75, 3.05) is 7.11 Å². The standard InChI is InChI=1S/C20H17N3O4S/c1-26-18(24)11-17-19(25)22-20(28-17)23-21-12-14-7-5-6-8-15(14)13-27-16-9-3-2-4-10-16/h2-12H,13H2,1H3,(H,22,23,25)/b17-11+,21-12?. The fourth-order valence-electron chi connectivity index (χ4n) is 2.25. The summed E-state index contributed by atoms with van der Waals surface area (Å²) in [5.74, 6) is -0.236. The molecular formula is C20H17N3O4S. The maximum absolute atomic E-state index is 11.8. The lowest BCUT2D eigenvalue weighted by molar-refractivity contribution is -0.135. The molecular weight excluding hydrogens is 378 g/mol. The number of ether oxygens (including phenoxy) is 2. The Balaban J connectivity index is 1.66. The molecule has 2 aromatic rings.